The van der Waals surface area contributed by atoms with Crippen LogP contribution in [-0.4, -0.2) is 46.1 Å². The zero-order valence-electron chi connectivity index (χ0n) is 19.5. The smallest absolute Gasteiger partial charge is 0.326 e. The summed E-state index contributed by atoms with van der Waals surface area (Å²) in [6, 6.07) is 8.88. The fourth-order valence-corrected chi connectivity index (χ4v) is 5.59. The number of nitrogens with one attached hydrogen (secondary N) is 2. The van der Waals surface area contributed by atoms with E-state index in [9.17, 15) is 4.39 Å². The molecule has 0 bridgehead atoms. The van der Waals surface area contributed by atoms with Crippen LogP contribution in [0.15, 0.2) is 53.4 Å². The molecule has 5 aromatic rings. The monoisotopic (exact) mass is 485 g/mol. The van der Waals surface area contributed by atoms with Crippen molar-refractivity contribution in [3.8, 4) is 23.1 Å². The van der Waals surface area contributed by atoms with Gasteiger partial charge in [-0.1, -0.05) is 0 Å². The Morgan fingerprint density at radius 3 is 2.92 bits per heavy atom. The molecule has 4 aromatic heterocycles. The van der Waals surface area contributed by atoms with Crippen LogP contribution < -0.4 is 20.7 Å². The molecule has 2 fully saturated rings. The molecule has 5 heterocycles. The number of rotatable bonds is 5. The molecule has 0 radical (unpaired) electrons. The predicted molar refractivity (Wildman–Crippen MR) is 135 cm³/mol. The van der Waals surface area contributed by atoms with Gasteiger partial charge in [0, 0.05) is 43.3 Å². The maximum Gasteiger partial charge on any atom is 0.326 e. The molecule has 1 saturated heterocycles. The highest BCUT2D eigenvalue weighted by Crippen LogP contribution is 2.44. The summed E-state index contributed by atoms with van der Waals surface area (Å²) in [7, 11) is 1.76. The number of fused-ring (bicyclic) bond motifs is 4. The summed E-state index contributed by atoms with van der Waals surface area (Å²) in [4.78, 5) is 19.4. The SMILES string of the molecule is CNc1cc(F)cc2c1[nH]c1nc(Oc3cncc(-c4ccco4)c3)nc(N3CC4C[C@@H](N)C4C3)c12. The highest BCUT2D eigenvalue weighted by molar-refractivity contribution is 6.14. The highest BCUT2D eigenvalue weighted by atomic mass is 19.1. The highest BCUT2D eigenvalue weighted by Gasteiger charge is 2.46. The first-order chi connectivity index (χ1) is 17.6. The number of pyridine rings is 1. The molecular weight excluding hydrogens is 461 g/mol. The molecule has 0 amide bonds. The van der Waals surface area contributed by atoms with Gasteiger partial charge in [0.15, 0.2) is 0 Å². The van der Waals surface area contributed by atoms with Crippen molar-refractivity contribution in [3.05, 3.63) is 54.8 Å². The van der Waals surface area contributed by atoms with Gasteiger partial charge in [0.25, 0.3) is 0 Å². The van der Waals surface area contributed by atoms with Gasteiger partial charge in [-0.25, -0.2) is 4.39 Å². The molecule has 1 aromatic carbocycles. The molecule has 3 atom stereocenters. The van der Waals surface area contributed by atoms with Crippen LogP contribution in [-0.2, 0) is 0 Å². The van der Waals surface area contributed by atoms with E-state index in [-0.39, 0.29) is 17.9 Å². The van der Waals surface area contributed by atoms with Crippen LogP contribution in [0.1, 0.15) is 6.42 Å². The second-order valence-electron chi connectivity index (χ2n) is 9.52. The van der Waals surface area contributed by atoms with E-state index in [1.54, 1.807) is 25.7 Å². The third-order valence-corrected chi connectivity index (χ3v) is 7.40. The van der Waals surface area contributed by atoms with E-state index < -0.39 is 0 Å². The molecule has 1 aliphatic carbocycles. The Kier molecular flexibility index (Phi) is 4.65. The van der Waals surface area contributed by atoms with Gasteiger partial charge in [0.2, 0.25) is 0 Å². The molecule has 36 heavy (non-hydrogen) atoms. The number of aromatic amines is 1. The second kappa shape index (κ2) is 7.92. The Hall–Kier alpha value is -4.18. The number of furan rings is 1. The number of nitrogens with zero attached hydrogens (tertiary/aromatic N) is 4. The molecule has 2 unspecified atom stereocenters. The zero-order valence-corrected chi connectivity index (χ0v) is 19.5. The fourth-order valence-electron chi connectivity index (χ4n) is 5.59. The standard InChI is InChI=1S/C26H24FN7O2/c1-29-20-8-15(27)7-17-22-24(31-23(17)20)32-26(33-25(22)34-11-14-6-19(28)18(14)12-34)36-16-5-13(9-30-10-16)21-3-2-4-35-21/h2-5,7-10,14,18-19,29H,6,11-12,28H2,1H3,(H,31,32,33)/t14?,18?,19-/m1/s1. The van der Waals surface area contributed by atoms with E-state index >= 15 is 0 Å². The van der Waals surface area contributed by atoms with Gasteiger partial charge < -0.3 is 30.1 Å². The Morgan fingerprint density at radius 2 is 2.14 bits per heavy atom. The summed E-state index contributed by atoms with van der Waals surface area (Å²) >= 11 is 0. The third kappa shape index (κ3) is 3.29. The van der Waals surface area contributed by atoms with Crippen LogP contribution in [0.2, 0.25) is 0 Å². The van der Waals surface area contributed by atoms with Crippen molar-refractivity contribution in [3.63, 3.8) is 0 Å². The number of benzene rings is 1. The maximum atomic E-state index is 14.5. The van der Waals surface area contributed by atoms with Gasteiger partial charge in [-0.05, 0) is 48.6 Å². The van der Waals surface area contributed by atoms with Crippen molar-refractivity contribution < 1.29 is 13.5 Å². The van der Waals surface area contributed by atoms with Crippen molar-refractivity contribution in [1.29, 1.82) is 0 Å². The normalized spacial score (nSPS) is 21.1. The summed E-state index contributed by atoms with van der Waals surface area (Å²) in [5, 5.41) is 4.56. The summed E-state index contributed by atoms with van der Waals surface area (Å²) in [6.07, 6.45) is 5.93. The number of hydrogen-bond acceptors (Lipinski definition) is 8. The lowest BCUT2D eigenvalue weighted by molar-refractivity contribution is 0.194. The molecule has 182 valence electrons. The van der Waals surface area contributed by atoms with Crippen molar-refractivity contribution in [1.82, 2.24) is 19.9 Å². The first kappa shape index (κ1) is 21.1. The lowest BCUT2D eigenvalue weighted by atomic mass is 9.72. The largest absolute Gasteiger partial charge is 0.464 e. The topological polar surface area (TPSA) is 118 Å². The molecule has 2 aliphatic rings. The van der Waals surface area contributed by atoms with Crippen molar-refractivity contribution in [2.24, 2.45) is 17.6 Å². The molecule has 9 nitrogen and oxygen atoms in total. The quantitative estimate of drug-likeness (QED) is 0.333. The first-order valence-corrected chi connectivity index (χ1v) is 12.0. The number of halogens is 1. The minimum absolute atomic E-state index is 0.178. The summed E-state index contributed by atoms with van der Waals surface area (Å²) < 4.78 is 26.1. The molecule has 10 heteroatoms. The number of aromatic nitrogens is 4. The second-order valence-corrected chi connectivity index (χ2v) is 9.52. The summed E-state index contributed by atoms with van der Waals surface area (Å²) in [5.41, 5.74) is 9.04. The zero-order chi connectivity index (χ0) is 24.4. The van der Waals surface area contributed by atoms with Crippen LogP contribution in [0.4, 0.5) is 15.9 Å². The van der Waals surface area contributed by atoms with Crippen LogP contribution >= 0.6 is 0 Å². The van der Waals surface area contributed by atoms with E-state index in [2.05, 4.69) is 25.2 Å². The molecule has 1 saturated carbocycles. The Balaban J connectivity index is 1.36. The van der Waals surface area contributed by atoms with Crippen molar-refractivity contribution in [2.75, 3.05) is 30.4 Å². The maximum absolute atomic E-state index is 14.5. The van der Waals surface area contributed by atoms with Gasteiger partial charge >= 0.3 is 6.01 Å². The Labute approximate surface area is 205 Å². The van der Waals surface area contributed by atoms with E-state index in [0.29, 0.717) is 40.5 Å². The molecule has 0 spiro atoms. The van der Waals surface area contributed by atoms with E-state index in [0.717, 1.165) is 41.4 Å². The van der Waals surface area contributed by atoms with Crippen LogP contribution in [0.5, 0.6) is 11.8 Å². The minimum Gasteiger partial charge on any atom is -0.464 e. The number of anilines is 2. The van der Waals surface area contributed by atoms with Gasteiger partial charge in [-0.2, -0.15) is 9.97 Å². The van der Waals surface area contributed by atoms with Gasteiger partial charge in [0.05, 0.1) is 29.1 Å². The van der Waals surface area contributed by atoms with E-state index in [1.807, 2.05) is 18.2 Å². The number of hydrogen-bond donors (Lipinski definition) is 3. The minimum atomic E-state index is -0.330. The number of H-pyrrole nitrogens is 1. The van der Waals surface area contributed by atoms with Gasteiger partial charge in [-0.15, -0.1) is 0 Å². The van der Waals surface area contributed by atoms with E-state index in [4.69, 9.17) is 19.9 Å². The van der Waals surface area contributed by atoms with Crippen LogP contribution in [0.25, 0.3) is 33.3 Å². The molecule has 1 aliphatic heterocycles. The van der Waals surface area contributed by atoms with Gasteiger partial charge in [-0.3, -0.25) is 4.98 Å². The molecular formula is C26H24FN7O2. The predicted octanol–water partition coefficient (Wildman–Crippen LogP) is 4.52. The van der Waals surface area contributed by atoms with Gasteiger partial charge in [0.1, 0.15) is 28.8 Å². The Bertz CT molecular complexity index is 1600. The van der Waals surface area contributed by atoms with Crippen LogP contribution in [0.3, 0.4) is 0 Å². The lowest BCUT2D eigenvalue weighted by Gasteiger charge is -2.36. The third-order valence-electron chi connectivity index (χ3n) is 7.40. The number of nitrogens with two attached hydrogens (primary N) is 1. The average Bonchev–Trinajstić information content (AvgIpc) is 3.60. The summed E-state index contributed by atoms with van der Waals surface area (Å²) in [5.74, 6) is 2.53. The summed E-state index contributed by atoms with van der Waals surface area (Å²) in [6.45, 7) is 1.65. The fraction of sp³-hybridized carbons (Fsp3) is 0.269. The molecule has 4 N–H and O–H groups in total. The van der Waals surface area contributed by atoms with Crippen molar-refractivity contribution in [2.45, 2.75) is 12.5 Å². The lowest BCUT2D eigenvalue weighted by Crippen LogP contribution is -2.46. The first-order valence-electron chi connectivity index (χ1n) is 12.0. The Morgan fingerprint density at radius 1 is 1.22 bits per heavy atom. The number of ether oxygens (including phenoxy) is 1. The van der Waals surface area contributed by atoms with E-state index in [1.165, 1.54) is 12.1 Å². The van der Waals surface area contributed by atoms with Crippen molar-refractivity contribution >= 4 is 33.4 Å². The van der Waals surface area contributed by atoms with Crippen LogP contribution in [0, 0.1) is 17.7 Å². The average molecular weight is 486 g/mol. The molecule has 7 rings (SSSR count).